The van der Waals surface area contributed by atoms with E-state index in [1.807, 2.05) is 19.1 Å². The van der Waals surface area contributed by atoms with Crippen LogP contribution in [0.1, 0.15) is 29.3 Å². The number of benzene rings is 1. The van der Waals surface area contributed by atoms with Crippen molar-refractivity contribution in [3.8, 4) is 11.5 Å². The number of carbonyl (C=O) groups excluding carboxylic acids is 1. The van der Waals surface area contributed by atoms with Crippen molar-refractivity contribution < 1.29 is 24.2 Å². The zero-order chi connectivity index (χ0) is 19.2. The normalized spacial score (nSPS) is 16.2. The Morgan fingerprint density at radius 1 is 1.26 bits per heavy atom. The maximum Gasteiger partial charge on any atom is 0.308 e. The zero-order valence-corrected chi connectivity index (χ0v) is 15.1. The number of aromatic nitrogens is 1. The molecule has 1 amide bonds. The first-order chi connectivity index (χ1) is 13.1. The van der Waals surface area contributed by atoms with Gasteiger partial charge in [0, 0.05) is 36.6 Å². The van der Waals surface area contributed by atoms with E-state index in [1.54, 1.807) is 35.5 Å². The number of ether oxygens (including phenoxy) is 2. The largest absolute Gasteiger partial charge is 0.490 e. The summed E-state index contributed by atoms with van der Waals surface area (Å²) in [6.45, 7) is 3.31. The Labute approximate surface area is 157 Å². The third kappa shape index (κ3) is 4.55. The van der Waals surface area contributed by atoms with Crippen molar-refractivity contribution in [3.05, 3.63) is 53.9 Å². The summed E-state index contributed by atoms with van der Waals surface area (Å²) in [5, 5.41) is 9.11. The van der Waals surface area contributed by atoms with Crippen LogP contribution in [0.25, 0.3) is 0 Å². The van der Waals surface area contributed by atoms with Crippen LogP contribution in [0.15, 0.2) is 42.7 Å². The van der Waals surface area contributed by atoms with E-state index in [0.29, 0.717) is 43.2 Å². The van der Waals surface area contributed by atoms with Crippen LogP contribution >= 0.6 is 0 Å². The topological polar surface area (TPSA) is 89.0 Å². The fraction of sp³-hybridized carbons (Fsp3) is 0.350. The molecule has 0 aliphatic carbocycles. The van der Waals surface area contributed by atoms with Crippen LogP contribution in [0.3, 0.4) is 0 Å². The van der Waals surface area contributed by atoms with E-state index in [9.17, 15) is 9.59 Å². The second-order valence-electron chi connectivity index (χ2n) is 6.32. The summed E-state index contributed by atoms with van der Waals surface area (Å²) in [5.74, 6) is -0.524. The molecule has 7 heteroatoms. The van der Waals surface area contributed by atoms with E-state index in [-0.39, 0.29) is 12.5 Å². The number of likely N-dealkylation sites (tertiary alicyclic amines) is 1. The Bertz CT molecular complexity index is 809. The van der Waals surface area contributed by atoms with Crippen LogP contribution in [0.2, 0.25) is 0 Å². The van der Waals surface area contributed by atoms with Gasteiger partial charge in [0.05, 0.1) is 12.5 Å². The van der Waals surface area contributed by atoms with Gasteiger partial charge in [0.25, 0.3) is 5.91 Å². The molecule has 0 bridgehead atoms. The number of amides is 1. The molecule has 7 nitrogen and oxygen atoms in total. The molecule has 2 aromatic rings. The Morgan fingerprint density at radius 3 is 2.78 bits per heavy atom. The second-order valence-corrected chi connectivity index (χ2v) is 6.32. The highest BCUT2D eigenvalue weighted by Gasteiger charge is 2.31. The van der Waals surface area contributed by atoms with Crippen molar-refractivity contribution in [3.63, 3.8) is 0 Å². The lowest BCUT2D eigenvalue weighted by atomic mass is 10.1. The van der Waals surface area contributed by atoms with Crippen molar-refractivity contribution in [1.82, 2.24) is 9.88 Å². The summed E-state index contributed by atoms with van der Waals surface area (Å²) >= 11 is 0. The third-order valence-corrected chi connectivity index (χ3v) is 4.43. The molecule has 1 aromatic heterocycles. The smallest absolute Gasteiger partial charge is 0.308 e. The number of pyridine rings is 1. The molecule has 1 N–H and O–H groups in total. The maximum absolute atomic E-state index is 12.7. The predicted molar refractivity (Wildman–Crippen MR) is 97.8 cm³/mol. The molecule has 1 aliphatic heterocycles. The molecule has 1 unspecified atom stereocenters. The molecule has 1 atom stereocenters. The Balaban J connectivity index is 1.73. The van der Waals surface area contributed by atoms with Crippen LogP contribution < -0.4 is 9.47 Å². The molecule has 1 saturated heterocycles. The van der Waals surface area contributed by atoms with Gasteiger partial charge in [-0.3, -0.25) is 14.6 Å². The molecular formula is C20H22N2O5. The second kappa shape index (κ2) is 8.53. The van der Waals surface area contributed by atoms with Crippen LogP contribution in [0, 0.1) is 5.92 Å². The van der Waals surface area contributed by atoms with E-state index < -0.39 is 11.9 Å². The number of hydrogen-bond acceptors (Lipinski definition) is 5. The van der Waals surface area contributed by atoms with Crippen molar-refractivity contribution >= 4 is 11.9 Å². The molecule has 1 aromatic carbocycles. The summed E-state index contributed by atoms with van der Waals surface area (Å²) in [4.78, 5) is 29.4. The monoisotopic (exact) mass is 370 g/mol. The molecule has 1 aliphatic rings. The van der Waals surface area contributed by atoms with E-state index in [2.05, 4.69) is 4.98 Å². The van der Waals surface area contributed by atoms with E-state index >= 15 is 0 Å². The van der Waals surface area contributed by atoms with Gasteiger partial charge in [0.2, 0.25) is 0 Å². The lowest BCUT2D eigenvalue weighted by Gasteiger charge is -2.18. The minimum atomic E-state index is -0.862. The van der Waals surface area contributed by atoms with Crippen LogP contribution in [-0.4, -0.2) is 46.6 Å². The van der Waals surface area contributed by atoms with Gasteiger partial charge in [-0.15, -0.1) is 0 Å². The summed E-state index contributed by atoms with van der Waals surface area (Å²) in [7, 11) is 0. The van der Waals surface area contributed by atoms with Crippen molar-refractivity contribution in [2.75, 3.05) is 19.7 Å². The molecule has 0 saturated carbocycles. The summed E-state index contributed by atoms with van der Waals surface area (Å²) in [5.41, 5.74) is 1.38. The highest BCUT2D eigenvalue weighted by Crippen LogP contribution is 2.30. The predicted octanol–water partition coefficient (Wildman–Crippen LogP) is 2.61. The average molecular weight is 370 g/mol. The molecule has 0 spiro atoms. The standard InChI is InChI=1S/C20H22N2O5/c1-2-26-18-10-15(19(23)22-9-7-16(12-22)20(24)25)5-6-17(18)27-13-14-4-3-8-21-11-14/h3-6,8,10-11,16H,2,7,9,12-13H2,1H3,(H,24,25). The first kappa shape index (κ1) is 18.7. The van der Waals surface area contributed by atoms with Crippen LogP contribution in [0.4, 0.5) is 0 Å². The molecule has 3 rings (SSSR count). The fourth-order valence-corrected chi connectivity index (χ4v) is 3.00. The first-order valence-electron chi connectivity index (χ1n) is 8.89. The number of nitrogens with zero attached hydrogens (tertiary/aromatic N) is 2. The Hall–Kier alpha value is -3.09. The van der Waals surface area contributed by atoms with Gasteiger partial charge in [0.1, 0.15) is 6.61 Å². The quantitative estimate of drug-likeness (QED) is 0.806. The third-order valence-electron chi connectivity index (χ3n) is 4.43. The summed E-state index contributed by atoms with van der Waals surface area (Å²) < 4.78 is 11.4. The van der Waals surface area contributed by atoms with Gasteiger partial charge in [0.15, 0.2) is 11.5 Å². The van der Waals surface area contributed by atoms with Crippen LogP contribution in [-0.2, 0) is 11.4 Å². The van der Waals surface area contributed by atoms with Gasteiger partial charge in [-0.05, 0) is 37.6 Å². The molecule has 0 radical (unpaired) electrons. The molecule has 1 fully saturated rings. The molecule has 142 valence electrons. The van der Waals surface area contributed by atoms with Gasteiger partial charge in [-0.1, -0.05) is 6.07 Å². The van der Waals surface area contributed by atoms with Crippen molar-refractivity contribution in [2.24, 2.45) is 5.92 Å². The highest BCUT2D eigenvalue weighted by molar-refractivity contribution is 5.95. The summed E-state index contributed by atoms with van der Waals surface area (Å²) in [6.07, 6.45) is 3.90. The molecular weight excluding hydrogens is 348 g/mol. The van der Waals surface area contributed by atoms with E-state index in [0.717, 1.165) is 5.56 Å². The molecule has 27 heavy (non-hydrogen) atoms. The van der Waals surface area contributed by atoms with Crippen LogP contribution in [0.5, 0.6) is 11.5 Å². The fourth-order valence-electron chi connectivity index (χ4n) is 3.00. The Kier molecular flexibility index (Phi) is 5.90. The maximum atomic E-state index is 12.7. The SMILES string of the molecule is CCOc1cc(C(=O)N2CCC(C(=O)O)C2)ccc1OCc1cccnc1. The van der Waals surface area contributed by atoms with Gasteiger partial charge in [-0.25, -0.2) is 0 Å². The average Bonchev–Trinajstić information content (AvgIpc) is 3.18. The number of rotatable bonds is 7. The number of hydrogen-bond donors (Lipinski definition) is 1. The minimum absolute atomic E-state index is 0.196. The number of carboxylic acids is 1. The lowest BCUT2D eigenvalue weighted by Crippen LogP contribution is -2.29. The zero-order valence-electron chi connectivity index (χ0n) is 15.1. The number of carbonyl (C=O) groups is 2. The van der Waals surface area contributed by atoms with Gasteiger partial charge >= 0.3 is 5.97 Å². The number of carboxylic acid groups (broad SMARTS) is 1. The lowest BCUT2D eigenvalue weighted by molar-refractivity contribution is -0.141. The van der Waals surface area contributed by atoms with Crippen molar-refractivity contribution in [2.45, 2.75) is 20.0 Å². The van der Waals surface area contributed by atoms with E-state index in [1.165, 1.54) is 0 Å². The minimum Gasteiger partial charge on any atom is -0.490 e. The highest BCUT2D eigenvalue weighted by atomic mass is 16.5. The van der Waals surface area contributed by atoms with Crippen molar-refractivity contribution in [1.29, 1.82) is 0 Å². The number of aliphatic carboxylic acids is 1. The van der Waals surface area contributed by atoms with Gasteiger partial charge in [-0.2, -0.15) is 0 Å². The molecule has 2 heterocycles. The summed E-state index contributed by atoms with van der Waals surface area (Å²) in [6, 6.07) is 8.79. The van der Waals surface area contributed by atoms with Gasteiger partial charge < -0.3 is 19.5 Å². The first-order valence-corrected chi connectivity index (χ1v) is 8.89. The van der Waals surface area contributed by atoms with E-state index in [4.69, 9.17) is 14.6 Å². The Morgan fingerprint density at radius 2 is 2.11 bits per heavy atom.